The van der Waals surface area contributed by atoms with E-state index in [9.17, 15) is 9.90 Å². The molecule has 5 nitrogen and oxygen atoms in total. The maximum Gasteiger partial charge on any atom is 0.274 e. The fourth-order valence-corrected chi connectivity index (χ4v) is 3.81. The van der Waals surface area contributed by atoms with Gasteiger partial charge in [-0.2, -0.15) is 5.10 Å². The van der Waals surface area contributed by atoms with E-state index in [0.29, 0.717) is 18.4 Å². The van der Waals surface area contributed by atoms with Crippen LogP contribution in [0.15, 0.2) is 77.7 Å². The van der Waals surface area contributed by atoms with E-state index in [0.717, 1.165) is 25.2 Å². The molecule has 0 amide bonds. The molecule has 1 fully saturated rings. The summed E-state index contributed by atoms with van der Waals surface area (Å²) in [5, 5.41) is 15.3. The van der Waals surface area contributed by atoms with E-state index in [1.807, 2.05) is 48.5 Å². The Kier molecular flexibility index (Phi) is 5.37. The Labute approximate surface area is 164 Å². The van der Waals surface area contributed by atoms with Gasteiger partial charge in [0.25, 0.3) is 5.56 Å². The molecule has 1 aliphatic heterocycles. The highest BCUT2D eigenvalue weighted by Crippen LogP contribution is 2.25. The lowest BCUT2D eigenvalue weighted by Gasteiger charge is -2.38. The van der Waals surface area contributed by atoms with Crippen molar-refractivity contribution in [1.82, 2.24) is 14.7 Å². The molecule has 0 saturated carbocycles. The van der Waals surface area contributed by atoms with Crippen LogP contribution < -0.4 is 5.56 Å². The summed E-state index contributed by atoms with van der Waals surface area (Å²) in [6, 6.07) is 21.7. The molecule has 0 unspecified atom stereocenters. The van der Waals surface area contributed by atoms with Gasteiger partial charge in [0.1, 0.15) is 0 Å². The van der Waals surface area contributed by atoms with Gasteiger partial charge in [-0.3, -0.25) is 9.69 Å². The van der Waals surface area contributed by atoms with Crippen molar-refractivity contribution in [1.29, 1.82) is 0 Å². The van der Waals surface area contributed by atoms with E-state index >= 15 is 0 Å². The molecule has 0 radical (unpaired) electrons. The van der Waals surface area contributed by atoms with Crippen LogP contribution in [0.2, 0.25) is 0 Å². The second kappa shape index (κ2) is 8.09. The maximum absolute atomic E-state index is 12.9. The molecule has 28 heavy (non-hydrogen) atoms. The van der Waals surface area contributed by atoms with Crippen LogP contribution in [0.4, 0.5) is 0 Å². The van der Waals surface area contributed by atoms with Crippen molar-refractivity contribution < 1.29 is 5.11 Å². The molecular weight excluding hydrogens is 350 g/mol. The van der Waals surface area contributed by atoms with E-state index in [2.05, 4.69) is 22.1 Å². The van der Waals surface area contributed by atoms with Gasteiger partial charge in [0.15, 0.2) is 0 Å². The Morgan fingerprint density at radius 3 is 2.25 bits per heavy atom. The summed E-state index contributed by atoms with van der Waals surface area (Å²) in [5.41, 5.74) is 1.70. The number of piperidine rings is 1. The number of rotatable bonds is 5. The molecule has 4 rings (SSSR count). The molecule has 1 aromatic heterocycles. The maximum atomic E-state index is 12.9. The minimum atomic E-state index is -0.903. The lowest BCUT2D eigenvalue weighted by atomic mass is 9.91. The van der Waals surface area contributed by atoms with Crippen LogP contribution in [0, 0.1) is 0 Å². The van der Waals surface area contributed by atoms with Crippen LogP contribution >= 0.6 is 0 Å². The van der Waals surface area contributed by atoms with Gasteiger partial charge in [-0.1, -0.05) is 60.7 Å². The van der Waals surface area contributed by atoms with E-state index in [-0.39, 0.29) is 12.1 Å². The van der Waals surface area contributed by atoms with Crippen molar-refractivity contribution in [3.63, 3.8) is 0 Å². The smallest absolute Gasteiger partial charge is 0.274 e. The van der Waals surface area contributed by atoms with Crippen LogP contribution in [0.25, 0.3) is 11.1 Å². The molecule has 0 spiro atoms. The molecule has 144 valence electrons. The van der Waals surface area contributed by atoms with E-state index < -0.39 is 5.60 Å². The summed E-state index contributed by atoms with van der Waals surface area (Å²) in [6.07, 6.45) is 2.89. The summed E-state index contributed by atoms with van der Waals surface area (Å²) < 4.78 is 1.41. The fraction of sp³-hybridized carbons (Fsp3) is 0.304. The van der Waals surface area contributed by atoms with E-state index in [4.69, 9.17) is 0 Å². The third-order valence-electron chi connectivity index (χ3n) is 5.48. The SMILES string of the molecule is O=c1c(-c2ccccc2)ccnn1CC1(O)CCN(Cc2ccccc2)CC1. The first-order valence-corrected chi connectivity index (χ1v) is 9.73. The highest BCUT2D eigenvalue weighted by Gasteiger charge is 2.33. The van der Waals surface area contributed by atoms with Crippen LogP contribution in [-0.2, 0) is 13.1 Å². The zero-order valence-corrected chi connectivity index (χ0v) is 15.9. The van der Waals surface area contributed by atoms with Gasteiger partial charge in [0.05, 0.1) is 17.7 Å². The van der Waals surface area contributed by atoms with Gasteiger partial charge < -0.3 is 5.11 Å². The number of likely N-dealkylation sites (tertiary alicyclic amines) is 1. The molecule has 0 bridgehead atoms. The first-order chi connectivity index (χ1) is 13.6. The third-order valence-corrected chi connectivity index (χ3v) is 5.48. The number of aromatic nitrogens is 2. The molecule has 0 aliphatic carbocycles. The highest BCUT2D eigenvalue weighted by molar-refractivity contribution is 5.61. The predicted molar refractivity (Wildman–Crippen MR) is 110 cm³/mol. The number of benzene rings is 2. The van der Waals surface area contributed by atoms with E-state index in [1.165, 1.54) is 10.2 Å². The monoisotopic (exact) mass is 375 g/mol. The van der Waals surface area contributed by atoms with Crippen LogP contribution in [0.3, 0.4) is 0 Å². The lowest BCUT2D eigenvalue weighted by Crippen LogP contribution is -2.48. The van der Waals surface area contributed by atoms with Crippen LogP contribution in [0.5, 0.6) is 0 Å². The molecule has 2 heterocycles. The van der Waals surface area contributed by atoms with Crippen LogP contribution in [-0.4, -0.2) is 38.5 Å². The Hall–Kier alpha value is -2.76. The molecule has 1 N–H and O–H groups in total. The van der Waals surface area contributed by atoms with Gasteiger partial charge in [-0.15, -0.1) is 0 Å². The minimum absolute atomic E-state index is 0.158. The number of hydrogen-bond donors (Lipinski definition) is 1. The average molecular weight is 375 g/mol. The number of aliphatic hydroxyl groups is 1. The summed E-state index contributed by atoms with van der Waals surface area (Å²) in [6.45, 7) is 2.72. The quantitative estimate of drug-likeness (QED) is 0.745. The van der Waals surface area contributed by atoms with Gasteiger partial charge in [0, 0.05) is 25.8 Å². The lowest BCUT2D eigenvalue weighted by molar-refractivity contribution is -0.0389. The standard InChI is InChI=1S/C23H25N3O2/c27-22-21(20-9-5-2-6-10-20)11-14-24-26(22)18-23(28)12-15-25(16-13-23)17-19-7-3-1-4-8-19/h1-11,14,28H,12-13,15-18H2. The van der Waals surface area contributed by atoms with E-state index in [1.54, 1.807) is 12.3 Å². The highest BCUT2D eigenvalue weighted by atomic mass is 16.3. The number of nitrogens with zero attached hydrogens (tertiary/aromatic N) is 3. The van der Waals surface area contributed by atoms with Crippen molar-refractivity contribution in [3.05, 3.63) is 88.8 Å². The van der Waals surface area contributed by atoms with Gasteiger partial charge in [-0.25, -0.2) is 4.68 Å². The Morgan fingerprint density at radius 2 is 1.57 bits per heavy atom. The Morgan fingerprint density at radius 1 is 0.929 bits per heavy atom. The molecule has 3 aromatic rings. The Balaban J connectivity index is 1.44. The van der Waals surface area contributed by atoms with Crippen molar-refractivity contribution in [2.24, 2.45) is 0 Å². The first kappa shape index (κ1) is 18.6. The minimum Gasteiger partial charge on any atom is -0.388 e. The second-order valence-electron chi connectivity index (χ2n) is 7.56. The summed E-state index contributed by atoms with van der Waals surface area (Å²) >= 11 is 0. The fourth-order valence-electron chi connectivity index (χ4n) is 3.81. The third kappa shape index (κ3) is 4.21. The molecular formula is C23H25N3O2. The van der Waals surface area contributed by atoms with Crippen molar-refractivity contribution in [3.8, 4) is 11.1 Å². The predicted octanol–water partition coefficient (Wildman–Crippen LogP) is 2.94. The van der Waals surface area contributed by atoms with Crippen LogP contribution in [0.1, 0.15) is 18.4 Å². The molecule has 1 aliphatic rings. The zero-order chi connectivity index (χ0) is 19.4. The van der Waals surface area contributed by atoms with Gasteiger partial charge >= 0.3 is 0 Å². The topological polar surface area (TPSA) is 58.4 Å². The molecule has 5 heteroatoms. The normalized spacial score (nSPS) is 16.8. The summed E-state index contributed by atoms with van der Waals surface area (Å²) in [4.78, 5) is 15.2. The van der Waals surface area contributed by atoms with Gasteiger partial charge in [0.2, 0.25) is 0 Å². The largest absolute Gasteiger partial charge is 0.388 e. The van der Waals surface area contributed by atoms with Gasteiger partial charge in [-0.05, 0) is 30.0 Å². The molecule has 0 atom stereocenters. The zero-order valence-electron chi connectivity index (χ0n) is 15.9. The molecule has 2 aromatic carbocycles. The van der Waals surface area contributed by atoms with Crippen molar-refractivity contribution >= 4 is 0 Å². The summed E-state index contributed by atoms with van der Waals surface area (Å²) in [5.74, 6) is 0. The van der Waals surface area contributed by atoms with Crippen molar-refractivity contribution in [2.75, 3.05) is 13.1 Å². The van der Waals surface area contributed by atoms with Crippen molar-refractivity contribution in [2.45, 2.75) is 31.5 Å². The summed E-state index contributed by atoms with van der Waals surface area (Å²) in [7, 11) is 0. The molecule has 1 saturated heterocycles. The first-order valence-electron chi connectivity index (χ1n) is 9.73. The number of hydrogen-bond acceptors (Lipinski definition) is 4. The average Bonchev–Trinajstić information content (AvgIpc) is 2.73. The second-order valence-corrected chi connectivity index (χ2v) is 7.56. The Bertz CT molecular complexity index is 962.